The molecule has 1 amide bonds. The fourth-order valence-electron chi connectivity index (χ4n) is 2.29. The highest BCUT2D eigenvalue weighted by atomic mass is 19.1. The Morgan fingerprint density at radius 3 is 2.91 bits per heavy atom. The number of nitrogens with one attached hydrogen (secondary N) is 1. The minimum atomic E-state index is -0.283. The lowest BCUT2D eigenvalue weighted by Crippen LogP contribution is -2.12. The van der Waals surface area contributed by atoms with Crippen LogP contribution in [0.3, 0.4) is 0 Å². The van der Waals surface area contributed by atoms with Crippen LogP contribution in [0.15, 0.2) is 46.9 Å². The van der Waals surface area contributed by atoms with Crippen molar-refractivity contribution in [1.29, 1.82) is 0 Å². The van der Waals surface area contributed by atoms with Crippen LogP contribution in [-0.4, -0.2) is 10.9 Å². The highest BCUT2D eigenvalue weighted by Gasteiger charge is 2.08. The Bertz CT molecular complexity index is 826. The number of halogens is 1. The average molecular weight is 298 g/mol. The number of hydrogen-bond acceptors (Lipinski definition) is 3. The van der Waals surface area contributed by atoms with Crippen LogP contribution in [0.5, 0.6) is 0 Å². The Kier molecular flexibility index (Phi) is 3.87. The van der Waals surface area contributed by atoms with Crippen molar-refractivity contribution < 1.29 is 13.6 Å². The van der Waals surface area contributed by atoms with E-state index in [-0.39, 0.29) is 18.1 Å². The van der Waals surface area contributed by atoms with E-state index < -0.39 is 0 Å². The third-order valence-electron chi connectivity index (χ3n) is 3.36. The maximum atomic E-state index is 13.5. The van der Waals surface area contributed by atoms with Crippen molar-refractivity contribution >= 4 is 22.7 Å². The van der Waals surface area contributed by atoms with E-state index in [1.54, 1.807) is 43.3 Å². The second-order valence-electron chi connectivity index (χ2n) is 5.05. The molecular weight excluding hydrogens is 283 g/mol. The van der Waals surface area contributed by atoms with Gasteiger partial charge in [0, 0.05) is 19.0 Å². The summed E-state index contributed by atoms with van der Waals surface area (Å²) in [5.74, 6) is 0.135. The molecule has 0 aliphatic rings. The van der Waals surface area contributed by atoms with E-state index in [2.05, 4.69) is 10.3 Å². The first-order valence-electron chi connectivity index (χ1n) is 7.02. The summed E-state index contributed by atoms with van der Waals surface area (Å²) in [6, 6.07) is 11.8. The van der Waals surface area contributed by atoms with E-state index in [9.17, 15) is 9.18 Å². The Morgan fingerprint density at radius 2 is 2.09 bits per heavy atom. The zero-order chi connectivity index (χ0) is 15.5. The van der Waals surface area contributed by atoms with E-state index in [1.165, 1.54) is 6.07 Å². The number of oxazole rings is 1. The van der Waals surface area contributed by atoms with E-state index in [0.29, 0.717) is 34.7 Å². The lowest BCUT2D eigenvalue weighted by Gasteiger charge is -2.05. The first kappa shape index (κ1) is 14.3. The maximum Gasteiger partial charge on any atom is 0.224 e. The maximum absolute atomic E-state index is 13.5. The normalized spacial score (nSPS) is 10.8. The predicted octanol–water partition coefficient (Wildman–Crippen LogP) is 3.85. The van der Waals surface area contributed by atoms with E-state index in [4.69, 9.17) is 4.42 Å². The number of aryl methyl sites for hydroxylation is 2. The van der Waals surface area contributed by atoms with Crippen LogP contribution in [0.2, 0.25) is 0 Å². The van der Waals surface area contributed by atoms with Crippen molar-refractivity contribution in [2.45, 2.75) is 19.8 Å². The zero-order valence-electron chi connectivity index (χ0n) is 12.1. The number of fused-ring (bicyclic) bond motifs is 1. The van der Waals surface area contributed by atoms with Crippen LogP contribution >= 0.6 is 0 Å². The summed E-state index contributed by atoms with van der Waals surface area (Å²) in [7, 11) is 0. The van der Waals surface area contributed by atoms with Gasteiger partial charge in [-0.2, -0.15) is 0 Å². The van der Waals surface area contributed by atoms with Gasteiger partial charge in [0.05, 0.1) is 0 Å². The highest BCUT2D eigenvalue weighted by Crippen LogP contribution is 2.20. The van der Waals surface area contributed by atoms with Gasteiger partial charge in [-0.15, -0.1) is 0 Å². The molecule has 0 fully saturated rings. The van der Waals surface area contributed by atoms with Gasteiger partial charge < -0.3 is 9.73 Å². The molecule has 1 N–H and O–H groups in total. The number of anilines is 1. The van der Waals surface area contributed by atoms with Crippen molar-refractivity contribution in [2.24, 2.45) is 0 Å². The molecule has 4 nitrogen and oxygen atoms in total. The Balaban J connectivity index is 1.64. The minimum absolute atomic E-state index is 0.164. The molecular formula is C17H15FN2O2. The molecule has 0 saturated heterocycles. The van der Waals surface area contributed by atoms with Crippen molar-refractivity contribution in [1.82, 2.24) is 4.98 Å². The van der Waals surface area contributed by atoms with Gasteiger partial charge >= 0.3 is 0 Å². The number of rotatable bonds is 4. The van der Waals surface area contributed by atoms with Crippen molar-refractivity contribution in [3.05, 3.63) is 59.7 Å². The van der Waals surface area contributed by atoms with Gasteiger partial charge in [-0.1, -0.05) is 18.2 Å². The third-order valence-corrected chi connectivity index (χ3v) is 3.36. The molecule has 112 valence electrons. The monoisotopic (exact) mass is 298 g/mol. The van der Waals surface area contributed by atoms with E-state index in [1.807, 2.05) is 0 Å². The molecule has 5 heteroatoms. The van der Waals surface area contributed by atoms with Gasteiger partial charge in [0.1, 0.15) is 11.3 Å². The molecule has 1 heterocycles. The van der Waals surface area contributed by atoms with Crippen molar-refractivity contribution in [3.63, 3.8) is 0 Å². The SMILES string of the molecule is Cc1nc2cc(NC(=O)CCc3ccccc3F)ccc2o1. The molecule has 3 aromatic rings. The van der Waals surface area contributed by atoms with Crippen molar-refractivity contribution in [2.75, 3.05) is 5.32 Å². The first-order chi connectivity index (χ1) is 10.6. The van der Waals surface area contributed by atoms with Crippen LogP contribution < -0.4 is 5.32 Å². The fraction of sp³-hybridized carbons (Fsp3) is 0.176. The Morgan fingerprint density at radius 1 is 1.27 bits per heavy atom. The summed E-state index contributed by atoms with van der Waals surface area (Å²) >= 11 is 0. The number of amides is 1. The van der Waals surface area contributed by atoms with Gasteiger partial charge in [0.25, 0.3) is 0 Å². The molecule has 0 atom stereocenters. The van der Waals surface area contributed by atoms with Gasteiger partial charge in [-0.3, -0.25) is 4.79 Å². The molecule has 3 rings (SSSR count). The topological polar surface area (TPSA) is 55.1 Å². The largest absolute Gasteiger partial charge is 0.441 e. The molecule has 22 heavy (non-hydrogen) atoms. The number of benzene rings is 2. The Labute approximate surface area is 127 Å². The molecule has 0 radical (unpaired) electrons. The molecule has 0 saturated carbocycles. The molecule has 0 aliphatic carbocycles. The summed E-state index contributed by atoms with van der Waals surface area (Å²) in [6.45, 7) is 1.77. The number of carbonyl (C=O) groups is 1. The lowest BCUT2D eigenvalue weighted by molar-refractivity contribution is -0.116. The van der Waals surface area contributed by atoms with Crippen LogP contribution in [-0.2, 0) is 11.2 Å². The summed E-state index contributed by atoms with van der Waals surface area (Å²) in [4.78, 5) is 16.2. The molecule has 0 unspecified atom stereocenters. The van der Waals surface area contributed by atoms with Gasteiger partial charge in [0.15, 0.2) is 11.5 Å². The quantitative estimate of drug-likeness (QED) is 0.796. The van der Waals surface area contributed by atoms with Gasteiger partial charge in [-0.25, -0.2) is 9.37 Å². The molecule has 0 bridgehead atoms. The molecule has 0 spiro atoms. The van der Waals surface area contributed by atoms with E-state index >= 15 is 0 Å². The smallest absolute Gasteiger partial charge is 0.224 e. The van der Waals surface area contributed by atoms with Crippen LogP contribution in [0.1, 0.15) is 17.9 Å². The van der Waals surface area contributed by atoms with Crippen LogP contribution in [0.25, 0.3) is 11.1 Å². The summed E-state index contributed by atoms with van der Waals surface area (Å²) in [5, 5.41) is 2.79. The van der Waals surface area contributed by atoms with Gasteiger partial charge in [-0.05, 0) is 36.2 Å². The highest BCUT2D eigenvalue weighted by molar-refractivity contribution is 5.92. The number of hydrogen-bond donors (Lipinski definition) is 1. The second-order valence-corrected chi connectivity index (χ2v) is 5.05. The summed E-state index contributed by atoms with van der Waals surface area (Å²) in [6.07, 6.45) is 0.584. The number of carbonyl (C=O) groups excluding carboxylic acids is 1. The molecule has 2 aromatic carbocycles. The predicted molar refractivity (Wildman–Crippen MR) is 82.1 cm³/mol. The number of aromatic nitrogens is 1. The lowest BCUT2D eigenvalue weighted by atomic mass is 10.1. The van der Waals surface area contributed by atoms with Crippen LogP contribution in [0, 0.1) is 12.7 Å². The average Bonchev–Trinajstić information content (AvgIpc) is 2.86. The van der Waals surface area contributed by atoms with Gasteiger partial charge in [0.2, 0.25) is 5.91 Å². The van der Waals surface area contributed by atoms with Crippen molar-refractivity contribution in [3.8, 4) is 0 Å². The molecule has 1 aromatic heterocycles. The fourth-order valence-corrected chi connectivity index (χ4v) is 2.29. The second kappa shape index (κ2) is 5.97. The van der Waals surface area contributed by atoms with E-state index in [0.717, 1.165) is 0 Å². The summed E-state index contributed by atoms with van der Waals surface area (Å²) in [5.41, 5.74) is 2.57. The third kappa shape index (κ3) is 3.14. The Hall–Kier alpha value is -2.69. The first-order valence-corrected chi connectivity index (χ1v) is 7.02. The zero-order valence-corrected chi connectivity index (χ0v) is 12.1. The molecule has 0 aliphatic heterocycles. The van der Waals surface area contributed by atoms with Crippen LogP contribution in [0.4, 0.5) is 10.1 Å². The summed E-state index contributed by atoms with van der Waals surface area (Å²) < 4.78 is 18.9. The standard InChI is InChI=1S/C17H15FN2O2/c1-11-19-15-10-13(7-8-16(15)22-11)20-17(21)9-6-12-4-2-3-5-14(12)18/h2-5,7-8,10H,6,9H2,1H3,(H,20,21). The minimum Gasteiger partial charge on any atom is -0.441 e. The number of nitrogens with zero attached hydrogens (tertiary/aromatic N) is 1.